The van der Waals surface area contributed by atoms with Crippen molar-refractivity contribution in [1.29, 1.82) is 0 Å². The van der Waals surface area contributed by atoms with Crippen molar-refractivity contribution >= 4 is 15.8 Å². The number of carboxylic acids is 1. The van der Waals surface area contributed by atoms with E-state index in [2.05, 4.69) is 11.8 Å². The minimum absolute atomic E-state index is 0.283. The molecule has 17 heavy (non-hydrogen) atoms. The van der Waals surface area contributed by atoms with Crippen LogP contribution in [0.2, 0.25) is 0 Å². The van der Waals surface area contributed by atoms with Gasteiger partial charge in [-0.3, -0.25) is 0 Å². The monoisotopic (exact) mass is 256 g/mol. The summed E-state index contributed by atoms with van der Waals surface area (Å²) < 4.78 is 36.6. The van der Waals surface area contributed by atoms with Crippen molar-refractivity contribution < 1.29 is 22.7 Å². The number of carbonyl (C=O) groups is 1. The second-order valence-electron chi connectivity index (χ2n) is 3.14. The third kappa shape index (κ3) is 3.04. The van der Waals surface area contributed by atoms with Gasteiger partial charge in [0.15, 0.2) is 9.84 Å². The van der Waals surface area contributed by atoms with Gasteiger partial charge in [-0.25, -0.2) is 17.6 Å². The molecule has 1 rings (SSSR count). The highest BCUT2D eigenvalue weighted by molar-refractivity contribution is 7.91. The van der Waals surface area contributed by atoms with E-state index in [4.69, 9.17) is 5.11 Å². The van der Waals surface area contributed by atoms with E-state index in [0.717, 1.165) is 18.2 Å². The molecule has 0 aliphatic heterocycles. The molecule has 0 bridgehead atoms. The smallest absolute Gasteiger partial charge is 0.335 e. The molecule has 6 heteroatoms. The molecule has 0 aliphatic rings. The van der Waals surface area contributed by atoms with Crippen LogP contribution in [0, 0.1) is 17.7 Å². The third-order valence-corrected chi connectivity index (χ3v) is 3.46. The second-order valence-corrected chi connectivity index (χ2v) is 5.09. The van der Waals surface area contributed by atoms with Crippen LogP contribution in [0.1, 0.15) is 17.3 Å². The largest absolute Gasteiger partial charge is 0.478 e. The first-order valence-corrected chi connectivity index (χ1v) is 6.19. The average molecular weight is 256 g/mol. The van der Waals surface area contributed by atoms with Gasteiger partial charge in [0.1, 0.15) is 16.5 Å². The Morgan fingerprint density at radius 3 is 2.65 bits per heavy atom. The van der Waals surface area contributed by atoms with Crippen LogP contribution in [-0.4, -0.2) is 25.2 Å². The zero-order valence-electron chi connectivity index (χ0n) is 8.90. The standard InChI is InChI=1S/C11H9FO4S/c1-2-3-6-17(15,16)10-7-8(11(13)14)4-5-9(10)12/h4-5,7H,6H2,1H3,(H,13,14). The Morgan fingerprint density at radius 1 is 1.47 bits per heavy atom. The summed E-state index contributed by atoms with van der Waals surface area (Å²) >= 11 is 0. The molecule has 1 N–H and O–H groups in total. The fraction of sp³-hybridized carbons (Fsp3) is 0.182. The summed E-state index contributed by atoms with van der Waals surface area (Å²) in [5.74, 6) is 1.86. The molecule has 0 heterocycles. The molecular weight excluding hydrogens is 247 g/mol. The number of hydrogen-bond donors (Lipinski definition) is 1. The number of halogens is 1. The van der Waals surface area contributed by atoms with Crippen LogP contribution in [0.3, 0.4) is 0 Å². The van der Waals surface area contributed by atoms with Crippen molar-refractivity contribution in [1.82, 2.24) is 0 Å². The summed E-state index contributed by atoms with van der Waals surface area (Å²) in [7, 11) is -3.92. The first kappa shape index (κ1) is 13.2. The molecule has 0 aromatic heterocycles. The molecule has 0 fully saturated rings. The van der Waals surface area contributed by atoms with Crippen LogP contribution in [-0.2, 0) is 9.84 Å². The predicted octanol–water partition coefficient (Wildman–Crippen LogP) is 1.32. The Morgan fingerprint density at radius 2 is 2.12 bits per heavy atom. The maximum absolute atomic E-state index is 13.3. The first-order valence-electron chi connectivity index (χ1n) is 4.53. The van der Waals surface area contributed by atoms with Gasteiger partial charge in [0.2, 0.25) is 0 Å². The topological polar surface area (TPSA) is 71.4 Å². The van der Waals surface area contributed by atoms with Crippen molar-refractivity contribution in [2.24, 2.45) is 0 Å². The van der Waals surface area contributed by atoms with Crippen molar-refractivity contribution in [3.05, 3.63) is 29.6 Å². The molecule has 0 saturated carbocycles. The third-order valence-electron chi connectivity index (χ3n) is 1.95. The molecule has 0 atom stereocenters. The summed E-state index contributed by atoms with van der Waals surface area (Å²) in [6.45, 7) is 1.46. The maximum Gasteiger partial charge on any atom is 0.335 e. The van der Waals surface area contributed by atoms with E-state index in [1.807, 2.05) is 0 Å². The fourth-order valence-electron chi connectivity index (χ4n) is 1.12. The molecule has 0 spiro atoms. The molecule has 1 aromatic carbocycles. The average Bonchev–Trinajstić information content (AvgIpc) is 2.26. The molecule has 0 saturated heterocycles. The second kappa shape index (κ2) is 4.97. The molecule has 0 radical (unpaired) electrons. The molecule has 90 valence electrons. The van der Waals surface area contributed by atoms with Gasteiger partial charge in [-0.2, -0.15) is 0 Å². The highest BCUT2D eigenvalue weighted by Gasteiger charge is 2.20. The summed E-state index contributed by atoms with van der Waals surface area (Å²) in [4.78, 5) is 10.0. The van der Waals surface area contributed by atoms with Crippen molar-refractivity contribution in [3.63, 3.8) is 0 Å². The number of rotatable bonds is 3. The number of benzene rings is 1. The summed E-state index contributed by atoms with van der Waals surface area (Å²) in [5, 5.41) is 8.70. The van der Waals surface area contributed by atoms with E-state index in [0.29, 0.717) is 0 Å². The quantitative estimate of drug-likeness (QED) is 0.828. The van der Waals surface area contributed by atoms with Gasteiger partial charge < -0.3 is 5.11 Å². The van der Waals surface area contributed by atoms with Crippen molar-refractivity contribution in [3.8, 4) is 11.8 Å². The fourth-order valence-corrected chi connectivity index (χ4v) is 2.28. The van der Waals surface area contributed by atoms with Gasteiger partial charge in [0.25, 0.3) is 0 Å². The van der Waals surface area contributed by atoms with Gasteiger partial charge in [-0.05, 0) is 25.1 Å². The normalized spacial score (nSPS) is 10.5. The molecule has 4 nitrogen and oxygen atoms in total. The molecule has 0 amide bonds. The SMILES string of the molecule is CC#CCS(=O)(=O)c1cc(C(=O)O)ccc1F. The zero-order chi connectivity index (χ0) is 13.1. The number of hydrogen-bond acceptors (Lipinski definition) is 3. The van der Waals surface area contributed by atoms with E-state index in [1.165, 1.54) is 6.92 Å². The molecule has 0 unspecified atom stereocenters. The van der Waals surface area contributed by atoms with E-state index in [9.17, 15) is 17.6 Å². The highest BCUT2D eigenvalue weighted by Crippen LogP contribution is 2.17. The van der Waals surface area contributed by atoms with Gasteiger partial charge in [-0.15, -0.1) is 5.92 Å². The zero-order valence-corrected chi connectivity index (χ0v) is 9.71. The number of aromatic carboxylic acids is 1. The van der Waals surface area contributed by atoms with Crippen LogP contribution in [0.4, 0.5) is 4.39 Å². The Balaban J connectivity index is 3.33. The molecule has 0 aliphatic carbocycles. The summed E-state index contributed by atoms with van der Waals surface area (Å²) in [6, 6.07) is 2.61. The van der Waals surface area contributed by atoms with Crippen molar-refractivity contribution in [2.75, 3.05) is 5.75 Å². The van der Waals surface area contributed by atoms with Gasteiger partial charge >= 0.3 is 5.97 Å². The lowest BCUT2D eigenvalue weighted by Gasteiger charge is -2.03. The summed E-state index contributed by atoms with van der Waals surface area (Å²) in [5.41, 5.74) is -0.283. The van der Waals surface area contributed by atoms with Gasteiger partial charge in [0, 0.05) is 0 Å². The molecular formula is C11H9FO4S. The minimum Gasteiger partial charge on any atom is -0.478 e. The first-order chi connectivity index (χ1) is 7.88. The van der Waals surface area contributed by atoms with E-state index < -0.39 is 32.3 Å². The Bertz CT molecular complexity index is 608. The van der Waals surface area contributed by atoms with Crippen LogP contribution in [0.15, 0.2) is 23.1 Å². The van der Waals surface area contributed by atoms with Crippen LogP contribution in [0.5, 0.6) is 0 Å². The lowest BCUT2D eigenvalue weighted by Crippen LogP contribution is -2.09. The Kier molecular flexibility index (Phi) is 3.86. The summed E-state index contributed by atoms with van der Waals surface area (Å²) in [6.07, 6.45) is 0. The van der Waals surface area contributed by atoms with Gasteiger partial charge in [-0.1, -0.05) is 5.92 Å². The Labute approximate surface area is 98.0 Å². The van der Waals surface area contributed by atoms with E-state index >= 15 is 0 Å². The van der Waals surface area contributed by atoms with Crippen LogP contribution >= 0.6 is 0 Å². The predicted molar refractivity (Wildman–Crippen MR) is 58.9 cm³/mol. The van der Waals surface area contributed by atoms with Crippen LogP contribution < -0.4 is 0 Å². The number of sulfone groups is 1. The highest BCUT2D eigenvalue weighted by atomic mass is 32.2. The lowest BCUT2D eigenvalue weighted by molar-refractivity contribution is 0.0696. The van der Waals surface area contributed by atoms with Crippen LogP contribution in [0.25, 0.3) is 0 Å². The lowest BCUT2D eigenvalue weighted by atomic mass is 10.2. The van der Waals surface area contributed by atoms with E-state index in [1.54, 1.807) is 0 Å². The minimum atomic E-state index is -3.92. The molecule has 1 aromatic rings. The van der Waals surface area contributed by atoms with Crippen molar-refractivity contribution in [2.45, 2.75) is 11.8 Å². The van der Waals surface area contributed by atoms with Gasteiger partial charge in [0.05, 0.1) is 5.56 Å². The Hall–Kier alpha value is -1.87. The number of carboxylic acid groups (broad SMARTS) is 1. The maximum atomic E-state index is 13.3. The van der Waals surface area contributed by atoms with E-state index in [-0.39, 0.29) is 5.56 Å².